The minimum Gasteiger partial charge on any atom is -0.325 e. The lowest BCUT2D eigenvalue weighted by Crippen LogP contribution is -2.14. The fourth-order valence-corrected chi connectivity index (χ4v) is 3.28. The molecule has 6 heteroatoms. The van der Waals surface area contributed by atoms with Crippen LogP contribution in [0.15, 0.2) is 53.7 Å². The van der Waals surface area contributed by atoms with E-state index in [9.17, 15) is 4.79 Å². The van der Waals surface area contributed by atoms with Gasteiger partial charge in [-0.3, -0.25) is 9.36 Å². The summed E-state index contributed by atoms with van der Waals surface area (Å²) in [6.07, 6.45) is 0. The number of hydrogen-bond donors (Lipinski definition) is 1. The average Bonchev–Trinajstić information content (AvgIpc) is 2.96. The molecule has 3 rings (SSSR count). The number of nitrogens with one attached hydrogen (secondary N) is 1. The minimum absolute atomic E-state index is 0.0640. The molecule has 0 saturated carbocycles. The summed E-state index contributed by atoms with van der Waals surface area (Å²) < 4.78 is 1.99. The highest BCUT2D eigenvalue weighted by Gasteiger charge is 2.14. The molecule has 0 radical (unpaired) electrons. The van der Waals surface area contributed by atoms with Crippen molar-refractivity contribution in [3.63, 3.8) is 0 Å². The summed E-state index contributed by atoms with van der Waals surface area (Å²) in [4.78, 5) is 12.2. The summed E-state index contributed by atoms with van der Waals surface area (Å²) in [5.74, 6) is 1.01. The first-order chi connectivity index (χ1) is 12.0. The molecule has 128 valence electrons. The highest BCUT2D eigenvalue weighted by molar-refractivity contribution is 7.99. The van der Waals surface area contributed by atoms with Gasteiger partial charge >= 0.3 is 0 Å². The fourth-order valence-electron chi connectivity index (χ4n) is 2.49. The van der Waals surface area contributed by atoms with E-state index < -0.39 is 0 Å². The average molecular weight is 352 g/mol. The Balaban J connectivity index is 1.71. The number of thioether (sulfide) groups is 1. The molecule has 0 atom stereocenters. The maximum Gasteiger partial charge on any atom is 0.234 e. The van der Waals surface area contributed by atoms with Crippen LogP contribution in [0.1, 0.15) is 17.0 Å². The molecule has 2 aromatic carbocycles. The van der Waals surface area contributed by atoms with E-state index in [-0.39, 0.29) is 11.7 Å². The number of aryl methyl sites for hydroxylation is 3. The fraction of sp³-hybridized carbons (Fsp3) is 0.211. The summed E-state index contributed by atoms with van der Waals surface area (Å²) in [6, 6.07) is 15.8. The van der Waals surface area contributed by atoms with Crippen LogP contribution >= 0.6 is 11.8 Å². The minimum atomic E-state index is -0.0640. The second-order valence-electron chi connectivity index (χ2n) is 5.85. The lowest BCUT2D eigenvalue weighted by molar-refractivity contribution is -0.113. The Kier molecular flexibility index (Phi) is 5.19. The SMILES string of the molecule is Cc1ccc(NC(=O)CSc2nnc(C)n2-c2ccccc2C)cc1. The van der Waals surface area contributed by atoms with Crippen LogP contribution < -0.4 is 5.32 Å². The maximum absolute atomic E-state index is 12.2. The molecule has 25 heavy (non-hydrogen) atoms. The van der Waals surface area contributed by atoms with Crippen molar-refractivity contribution >= 4 is 23.4 Å². The van der Waals surface area contributed by atoms with Crippen LogP contribution in [0.3, 0.4) is 0 Å². The number of carbonyl (C=O) groups is 1. The Morgan fingerprint density at radius 2 is 1.76 bits per heavy atom. The largest absolute Gasteiger partial charge is 0.325 e. The number of para-hydroxylation sites is 1. The molecule has 0 fully saturated rings. The topological polar surface area (TPSA) is 59.8 Å². The summed E-state index contributed by atoms with van der Waals surface area (Å²) in [6.45, 7) is 5.98. The molecule has 1 N–H and O–H groups in total. The third-order valence-corrected chi connectivity index (χ3v) is 4.75. The van der Waals surface area contributed by atoms with Gasteiger partial charge in [-0.2, -0.15) is 0 Å². The zero-order chi connectivity index (χ0) is 17.8. The van der Waals surface area contributed by atoms with Crippen molar-refractivity contribution in [1.82, 2.24) is 14.8 Å². The van der Waals surface area contributed by atoms with Crippen LogP contribution in [0.25, 0.3) is 5.69 Å². The summed E-state index contributed by atoms with van der Waals surface area (Å²) in [5, 5.41) is 12.0. The molecule has 0 saturated heterocycles. The van der Waals surface area contributed by atoms with E-state index in [0.29, 0.717) is 5.16 Å². The van der Waals surface area contributed by atoms with Gasteiger partial charge in [0.25, 0.3) is 0 Å². The Labute approximate surface area is 151 Å². The zero-order valence-electron chi connectivity index (χ0n) is 14.5. The van der Waals surface area contributed by atoms with Crippen LogP contribution in [0.4, 0.5) is 5.69 Å². The number of rotatable bonds is 5. The van der Waals surface area contributed by atoms with Gasteiger partial charge in [-0.05, 0) is 44.5 Å². The van der Waals surface area contributed by atoms with Crippen LogP contribution in [0.2, 0.25) is 0 Å². The van der Waals surface area contributed by atoms with Crippen LogP contribution in [0.5, 0.6) is 0 Å². The quantitative estimate of drug-likeness (QED) is 0.707. The van der Waals surface area contributed by atoms with E-state index in [1.807, 2.05) is 73.9 Å². The van der Waals surface area contributed by atoms with Gasteiger partial charge in [-0.25, -0.2) is 0 Å². The van der Waals surface area contributed by atoms with Crippen LogP contribution in [-0.4, -0.2) is 26.4 Å². The van der Waals surface area contributed by atoms with Crippen molar-refractivity contribution in [3.05, 3.63) is 65.5 Å². The second-order valence-corrected chi connectivity index (χ2v) is 6.80. The molecule has 0 spiro atoms. The van der Waals surface area contributed by atoms with E-state index in [4.69, 9.17) is 0 Å². The Morgan fingerprint density at radius 3 is 2.48 bits per heavy atom. The van der Waals surface area contributed by atoms with Gasteiger partial charge in [0.1, 0.15) is 5.82 Å². The highest BCUT2D eigenvalue weighted by Crippen LogP contribution is 2.24. The molecule has 3 aromatic rings. The first-order valence-electron chi connectivity index (χ1n) is 8.02. The number of nitrogens with zero attached hydrogens (tertiary/aromatic N) is 3. The molecule has 0 aliphatic carbocycles. The van der Waals surface area contributed by atoms with Gasteiger partial charge in [0.05, 0.1) is 11.4 Å². The first kappa shape index (κ1) is 17.2. The molecule has 5 nitrogen and oxygen atoms in total. The standard InChI is InChI=1S/C19H20N4OS/c1-13-8-10-16(11-9-13)20-18(24)12-25-19-22-21-15(3)23(19)17-7-5-4-6-14(17)2/h4-11H,12H2,1-3H3,(H,20,24). The van der Waals surface area contributed by atoms with E-state index in [1.165, 1.54) is 11.8 Å². The number of aromatic nitrogens is 3. The van der Waals surface area contributed by atoms with E-state index in [0.717, 1.165) is 28.3 Å². The number of anilines is 1. The van der Waals surface area contributed by atoms with E-state index >= 15 is 0 Å². The third-order valence-electron chi connectivity index (χ3n) is 3.82. The second kappa shape index (κ2) is 7.53. The number of benzene rings is 2. The van der Waals surface area contributed by atoms with Crippen molar-refractivity contribution < 1.29 is 4.79 Å². The highest BCUT2D eigenvalue weighted by atomic mass is 32.2. The van der Waals surface area contributed by atoms with E-state index in [2.05, 4.69) is 15.5 Å². The predicted octanol–water partition coefficient (Wildman–Crippen LogP) is 3.92. The van der Waals surface area contributed by atoms with Gasteiger partial charge in [0, 0.05) is 5.69 Å². The third kappa shape index (κ3) is 4.09. The molecular weight excluding hydrogens is 332 g/mol. The lowest BCUT2D eigenvalue weighted by atomic mass is 10.2. The zero-order valence-corrected chi connectivity index (χ0v) is 15.3. The van der Waals surface area contributed by atoms with Crippen molar-refractivity contribution in [1.29, 1.82) is 0 Å². The normalized spacial score (nSPS) is 10.7. The Bertz CT molecular complexity index is 887. The lowest BCUT2D eigenvalue weighted by Gasteiger charge is -2.11. The van der Waals surface area contributed by atoms with Crippen molar-refractivity contribution in [2.75, 3.05) is 11.1 Å². The summed E-state index contributed by atoms with van der Waals surface area (Å²) >= 11 is 1.38. The number of carbonyl (C=O) groups excluding carboxylic acids is 1. The molecule has 0 unspecified atom stereocenters. The van der Waals surface area contributed by atoms with Crippen molar-refractivity contribution in [3.8, 4) is 5.69 Å². The van der Waals surface area contributed by atoms with Gasteiger partial charge in [0.2, 0.25) is 5.91 Å². The first-order valence-corrected chi connectivity index (χ1v) is 9.00. The van der Waals surface area contributed by atoms with Gasteiger partial charge in [-0.1, -0.05) is 47.7 Å². The Hall–Kier alpha value is -2.60. The monoisotopic (exact) mass is 352 g/mol. The van der Waals surface area contributed by atoms with Crippen molar-refractivity contribution in [2.45, 2.75) is 25.9 Å². The molecule has 0 aliphatic rings. The molecule has 1 heterocycles. The number of hydrogen-bond acceptors (Lipinski definition) is 4. The van der Waals surface area contributed by atoms with Crippen LogP contribution in [-0.2, 0) is 4.79 Å². The van der Waals surface area contributed by atoms with Gasteiger partial charge in [-0.15, -0.1) is 10.2 Å². The molecule has 1 aromatic heterocycles. The smallest absolute Gasteiger partial charge is 0.234 e. The van der Waals surface area contributed by atoms with Crippen molar-refractivity contribution in [2.24, 2.45) is 0 Å². The molecule has 0 aliphatic heterocycles. The number of amides is 1. The molecular formula is C19H20N4OS. The summed E-state index contributed by atoms with van der Waals surface area (Å²) in [5.41, 5.74) is 4.13. The summed E-state index contributed by atoms with van der Waals surface area (Å²) in [7, 11) is 0. The predicted molar refractivity (Wildman–Crippen MR) is 101 cm³/mol. The maximum atomic E-state index is 12.2. The van der Waals surface area contributed by atoms with Gasteiger partial charge < -0.3 is 5.32 Å². The van der Waals surface area contributed by atoms with Gasteiger partial charge in [0.15, 0.2) is 5.16 Å². The van der Waals surface area contributed by atoms with Crippen LogP contribution in [0, 0.1) is 20.8 Å². The Morgan fingerprint density at radius 1 is 1.04 bits per heavy atom. The molecule has 1 amide bonds. The van der Waals surface area contributed by atoms with E-state index in [1.54, 1.807) is 0 Å². The molecule has 0 bridgehead atoms.